The number of aliphatic hydroxyl groups is 1. The lowest BCUT2D eigenvalue weighted by atomic mass is 9.80. The van der Waals surface area contributed by atoms with Crippen molar-refractivity contribution in [2.45, 2.75) is 17.9 Å². The minimum atomic E-state index is -1.32. The van der Waals surface area contributed by atoms with E-state index in [2.05, 4.69) is 32.9 Å². The van der Waals surface area contributed by atoms with Crippen molar-refractivity contribution >= 4 is 40.4 Å². The van der Waals surface area contributed by atoms with E-state index in [9.17, 15) is 5.11 Å². The van der Waals surface area contributed by atoms with Gasteiger partial charge in [0.1, 0.15) is 10.0 Å². The molecule has 5 rings (SSSR count). The van der Waals surface area contributed by atoms with Crippen molar-refractivity contribution in [3.8, 4) is 11.8 Å². The van der Waals surface area contributed by atoms with Crippen LogP contribution in [0.1, 0.15) is 23.1 Å². The number of benzene rings is 1. The monoisotopic (exact) mass is 439 g/mol. The zero-order valence-corrected chi connectivity index (χ0v) is 17.7. The molecule has 2 aliphatic rings. The van der Waals surface area contributed by atoms with Gasteiger partial charge in [0, 0.05) is 29.4 Å². The van der Waals surface area contributed by atoms with Crippen LogP contribution in [-0.4, -0.2) is 39.8 Å². The summed E-state index contributed by atoms with van der Waals surface area (Å²) >= 11 is 7.76. The minimum Gasteiger partial charge on any atom is -0.379 e. The van der Waals surface area contributed by atoms with Crippen molar-refractivity contribution < 1.29 is 9.84 Å². The number of nitrogens with zero attached hydrogens (tertiary/aromatic N) is 4. The molecule has 7 nitrogen and oxygen atoms in total. The van der Waals surface area contributed by atoms with Gasteiger partial charge in [0.2, 0.25) is 5.95 Å². The van der Waals surface area contributed by atoms with E-state index in [1.54, 1.807) is 13.1 Å². The summed E-state index contributed by atoms with van der Waals surface area (Å²) < 4.78 is 5.53. The number of halogens is 1. The number of fused-ring (bicyclic) bond motifs is 2. The molecule has 0 aliphatic carbocycles. The first-order valence-corrected chi connectivity index (χ1v) is 10.6. The molecule has 152 valence electrons. The van der Waals surface area contributed by atoms with Gasteiger partial charge in [0.05, 0.1) is 24.8 Å². The van der Waals surface area contributed by atoms with Crippen LogP contribution in [0.4, 0.5) is 17.5 Å². The summed E-state index contributed by atoms with van der Waals surface area (Å²) in [4.78, 5) is 14.5. The SMILES string of the molecule is C[C@@](O)(C#Cc1ccc2c(c1)N(c1nc(N)ncc1Cl)CC21COC1)c1nccs1. The molecular formula is C21H18ClN5O2S. The van der Waals surface area contributed by atoms with Crippen LogP contribution in [0.5, 0.6) is 0 Å². The molecule has 3 N–H and O–H groups in total. The second-order valence-corrected chi connectivity index (χ2v) is 8.95. The van der Waals surface area contributed by atoms with Gasteiger partial charge in [0.15, 0.2) is 11.4 Å². The molecule has 1 fully saturated rings. The van der Waals surface area contributed by atoms with Gasteiger partial charge in [-0.15, -0.1) is 11.3 Å². The molecule has 1 aromatic carbocycles. The highest BCUT2D eigenvalue weighted by molar-refractivity contribution is 7.09. The van der Waals surface area contributed by atoms with E-state index in [0.717, 1.165) is 11.3 Å². The quantitative estimate of drug-likeness (QED) is 0.592. The van der Waals surface area contributed by atoms with Crippen LogP contribution in [-0.2, 0) is 15.8 Å². The van der Waals surface area contributed by atoms with Gasteiger partial charge in [-0.1, -0.05) is 29.5 Å². The first-order valence-electron chi connectivity index (χ1n) is 9.31. The van der Waals surface area contributed by atoms with Gasteiger partial charge >= 0.3 is 0 Å². The molecule has 9 heteroatoms. The highest BCUT2D eigenvalue weighted by atomic mass is 35.5. The molecule has 0 saturated carbocycles. The molecule has 1 atom stereocenters. The normalized spacial score (nSPS) is 18.3. The number of aromatic nitrogens is 3. The molecule has 1 spiro atoms. The predicted molar refractivity (Wildman–Crippen MR) is 116 cm³/mol. The number of ether oxygens (including phenoxy) is 1. The van der Waals surface area contributed by atoms with Crippen LogP contribution in [0, 0.1) is 11.8 Å². The summed E-state index contributed by atoms with van der Waals surface area (Å²) in [6.45, 7) is 3.60. The van der Waals surface area contributed by atoms with Gasteiger partial charge in [-0.3, -0.25) is 0 Å². The lowest BCUT2D eigenvalue weighted by Gasteiger charge is -2.38. The Morgan fingerprint density at radius 3 is 2.90 bits per heavy atom. The summed E-state index contributed by atoms with van der Waals surface area (Å²) in [5.74, 6) is 6.74. The van der Waals surface area contributed by atoms with Crippen LogP contribution in [0.25, 0.3) is 0 Å². The number of nitrogen functional groups attached to an aromatic ring is 1. The van der Waals surface area contributed by atoms with Crippen LogP contribution in [0.3, 0.4) is 0 Å². The zero-order chi connectivity index (χ0) is 20.9. The van der Waals surface area contributed by atoms with Gasteiger partial charge in [-0.05, 0) is 24.6 Å². The maximum Gasteiger partial charge on any atom is 0.222 e. The Kier molecular flexibility index (Phi) is 4.45. The minimum absolute atomic E-state index is 0.100. The summed E-state index contributed by atoms with van der Waals surface area (Å²) in [5.41, 5.74) is 7.29. The lowest BCUT2D eigenvalue weighted by molar-refractivity contribution is -0.0506. The molecule has 3 aromatic rings. The highest BCUT2D eigenvalue weighted by Gasteiger charge is 2.49. The van der Waals surface area contributed by atoms with Gasteiger partial charge < -0.3 is 20.5 Å². The van der Waals surface area contributed by atoms with E-state index in [4.69, 9.17) is 22.1 Å². The predicted octanol–water partition coefficient (Wildman–Crippen LogP) is 2.85. The first-order chi connectivity index (χ1) is 14.4. The Morgan fingerprint density at radius 1 is 1.37 bits per heavy atom. The number of anilines is 3. The molecule has 4 heterocycles. The molecule has 0 radical (unpaired) electrons. The molecule has 30 heavy (non-hydrogen) atoms. The Hall–Kier alpha value is -2.70. The Balaban J connectivity index is 1.56. The fourth-order valence-corrected chi connectivity index (χ4v) is 4.66. The number of nitrogens with two attached hydrogens (primary N) is 1. The summed E-state index contributed by atoms with van der Waals surface area (Å²) in [6, 6.07) is 6.02. The summed E-state index contributed by atoms with van der Waals surface area (Å²) in [7, 11) is 0. The van der Waals surface area contributed by atoms with E-state index in [1.165, 1.54) is 23.1 Å². The largest absolute Gasteiger partial charge is 0.379 e. The molecule has 2 aliphatic heterocycles. The fourth-order valence-electron chi connectivity index (χ4n) is 3.81. The van der Waals surface area contributed by atoms with Crippen molar-refractivity contribution in [3.63, 3.8) is 0 Å². The molecule has 0 amide bonds. The van der Waals surface area contributed by atoms with Crippen molar-refractivity contribution in [3.05, 3.63) is 57.1 Å². The number of thiazole rings is 1. The first kappa shape index (κ1) is 19.3. The molecule has 0 bridgehead atoms. The van der Waals surface area contributed by atoms with Crippen LogP contribution < -0.4 is 10.6 Å². The summed E-state index contributed by atoms with van der Waals surface area (Å²) in [5, 5.41) is 13.5. The van der Waals surface area contributed by atoms with Gasteiger partial charge in [0.25, 0.3) is 0 Å². The Labute approximate surface area is 182 Å². The fraction of sp³-hybridized carbons (Fsp3) is 0.286. The average molecular weight is 440 g/mol. The molecule has 0 unspecified atom stereocenters. The van der Waals surface area contributed by atoms with E-state index in [-0.39, 0.29) is 11.4 Å². The van der Waals surface area contributed by atoms with Crippen molar-refractivity contribution in [1.82, 2.24) is 15.0 Å². The Morgan fingerprint density at radius 2 is 2.20 bits per heavy atom. The Bertz CT molecular complexity index is 1180. The van der Waals surface area contributed by atoms with Crippen molar-refractivity contribution in [2.75, 3.05) is 30.4 Å². The second kappa shape index (κ2) is 6.93. The third-order valence-electron chi connectivity index (χ3n) is 5.38. The third kappa shape index (κ3) is 3.11. The maximum atomic E-state index is 10.7. The highest BCUT2D eigenvalue weighted by Crippen LogP contribution is 2.49. The standard InChI is InChI=1S/C21H18ClN5O2S/c1-20(28,18-24-6-7-30-18)5-4-13-2-3-14-16(8-13)27(10-21(14)11-29-12-21)17-15(22)9-25-19(23)26-17/h2-3,6-9,28H,10-12H2,1H3,(H2,23,25,26)/t20-/m1/s1. The number of rotatable bonds is 2. The number of hydrogen-bond donors (Lipinski definition) is 2. The van der Waals surface area contributed by atoms with Gasteiger partial charge in [-0.2, -0.15) is 4.98 Å². The van der Waals surface area contributed by atoms with E-state index in [0.29, 0.717) is 35.6 Å². The van der Waals surface area contributed by atoms with E-state index >= 15 is 0 Å². The summed E-state index contributed by atoms with van der Waals surface area (Å²) in [6.07, 6.45) is 3.16. The van der Waals surface area contributed by atoms with E-state index in [1.807, 2.05) is 22.4 Å². The smallest absolute Gasteiger partial charge is 0.222 e. The lowest BCUT2D eigenvalue weighted by Crippen LogP contribution is -2.49. The van der Waals surface area contributed by atoms with E-state index < -0.39 is 5.60 Å². The van der Waals surface area contributed by atoms with Crippen LogP contribution >= 0.6 is 22.9 Å². The number of hydrogen-bond acceptors (Lipinski definition) is 8. The van der Waals surface area contributed by atoms with Crippen molar-refractivity contribution in [1.29, 1.82) is 0 Å². The molecular weight excluding hydrogens is 422 g/mol. The second-order valence-electron chi connectivity index (χ2n) is 7.65. The zero-order valence-electron chi connectivity index (χ0n) is 16.1. The average Bonchev–Trinajstić information content (AvgIpc) is 3.35. The molecule has 1 saturated heterocycles. The van der Waals surface area contributed by atoms with Crippen LogP contribution in [0.2, 0.25) is 5.02 Å². The molecule has 2 aromatic heterocycles. The third-order valence-corrected chi connectivity index (χ3v) is 6.63. The van der Waals surface area contributed by atoms with Crippen LogP contribution in [0.15, 0.2) is 36.0 Å². The van der Waals surface area contributed by atoms with Gasteiger partial charge in [-0.25, -0.2) is 9.97 Å². The topological polar surface area (TPSA) is 97.4 Å². The maximum absolute atomic E-state index is 10.7. The van der Waals surface area contributed by atoms with Crippen molar-refractivity contribution in [2.24, 2.45) is 0 Å².